The molecule has 2 aromatic rings. The highest BCUT2D eigenvalue weighted by molar-refractivity contribution is 5.72. The van der Waals surface area contributed by atoms with Crippen LogP contribution in [0.2, 0.25) is 0 Å². The molecule has 2 N–H and O–H groups in total. The number of para-hydroxylation sites is 2. The fraction of sp³-hybridized carbons (Fsp3) is 0.533. The average molecular weight is 259 g/mol. The van der Waals surface area contributed by atoms with Gasteiger partial charge in [0.15, 0.2) is 5.58 Å². The van der Waals surface area contributed by atoms with E-state index in [0.29, 0.717) is 12.1 Å². The van der Waals surface area contributed by atoms with Crippen molar-refractivity contribution in [3.8, 4) is 0 Å². The lowest BCUT2D eigenvalue weighted by Gasteiger charge is -2.32. The molecule has 0 saturated heterocycles. The second-order valence-corrected chi connectivity index (χ2v) is 5.56. The Hall–Kier alpha value is -1.39. The van der Waals surface area contributed by atoms with Crippen molar-refractivity contribution < 1.29 is 4.42 Å². The van der Waals surface area contributed by atoms with Crippen molar-refractivity contribution in [3.05, 3.63) is 30.2 Å². The van der Waals surface area contributed by atoms with E-state index in [9.17, 15) is 0 Å². The van der Waals surface area contributed by atoms with E-state index in [1.54, 1.807) is 0 Å². The lowest BCUT2D eigenvalue weighted by atomic mass is 9.91. The average Bonchev–Trinajstić information content (AvgIpc) is 2.81. The molecule has 1 saturated carbocycles. The minimum absolute atomic E-state index is 0.397. The second kappa shape index (κ2) is 5.31. The van der Waals surface area contributed by atoms with Gasteiger partial charge in [-0.15, -0.1) is 0 Å². The first-order chi connectivity index (χ1) is 9.22. The minimum atomic E-state index is 0.397. The van der Waals surface area contributed by atoms with Gasteiger partial charge in [0.1, 0.15) is 5.52 Å². The van der Waals surface area contributed by atoms with Crippen molar-refractivity contribution in [3.63, 3.8) is 0 Å². The van der Waals surface area contributed by atoms with Gasteiger partial charge in [0.05, 0.1) is 6.54 Å². The van der Waals surface area contributed by atoms with E-state index in [-0.39, 0.29) is 0 Å². The van der Waals surface area contributed by atoms with Gasteiger partial charge in [0.25, 0.3) is 0 Å². The SMILES string of the molecule is CN(Cc1nc2ccccc2o1)C1CCC(N)CC1. The van der Waals surface area contributed by atoms with E-state index in [2.05, 4.69) is 16.9 Å². The zero-order chi connectivity index (χ0) is 13.2. The first-order valence-electron chi connectivity index (χ1n) is 7.02. The van der Waals surface area contributed by atoms with Gasteiger partial charge in [-0.25, -0.2) is 4.98 Å². The summed E-state index contributed by atoms with van der Waals surface area (Å²) in [6.07, 6.45) is 4.61. The summed E-state index contributed by atoms with van der Waals surface area (Å²) in [6, 6.07) is 8.92. The van der Waals surface area contributed by atoms with Gasteiger partial charge in [0.2, 0.25) is 5.89 Å². The number of aromatic nitrogens is 1. The first kappa shape index (κ1) is 12.6. The van der Waals surface area contributed by atoms with Crippen LogP contribution in [0.25, 0.3) is 11.1 Å². The smallest absolute Gasteiger partial charge is 0.209 e. The molecule has 1 fully saturated rings. The Kier molecular flexibility index (Phi) is 3.53. The van der Waals surface area contributed by atoms with Gasteiger partial charge in [-0.3, -0.25) is 4.90 Å². The first-order valence-corrected chi connectivity index (χ1v) is 7.02. The Morgan fingerprint density at radius 3 is 2.74 bits per heavy atom. The maximum Gasteiger partial charge on any atom is 0.209 e. The van der Waals surface area contributed by atoms with Crippen molar-refractivity contribution in [1.29, 1.82) is 0 Å². The Bertz CT molecular complexity index is 510. The van der Waals surface area contributed by atoms with Crippen molar-refractivity contribution in [2.75, 3.05) is 7.05 Å². The molecule has 0 amide bonds. The highest BCUT2D eigenvalue weighted by Gasteiger charge is 2.22. The van der Waals surface area contributed by atoms with Crippen LogP contribution in [0, 0.1) is 0 Å². The molecule has 0 aliphatic heterocycles. The summed E-state index contributed by atoms with van der Waals surface area (Å²) < 4.78 is 5.77. The molecule has 1 aliphatic rings. The van der Waals surface area contributed by atoms with Crippen LogP contribution in [-0.4, -0.2) is 29.0 Å². The molecule has 1 aromatic carbocycles. The van der Waals surface area contributed by atoms with Gasteiger partial charge in [-0.2, -0.15) is 0 Å². The summed E-state index contributed by atoms with van der Waals surface area (Å²) in [6.45, 7) is 0.772. The molecule has 4 heteroatoms. The van der Waals surface area contributed by atoms with Crippen LogP contribution in [0.4, 0.5) is 0 Å². The predicted molar refractivity (Wildman–Crippen MR) is 75.7 cm³/mol. The molecular formula is C15H21N3O. The lowest BCUT2D eigenvalue weighted by molar-refractivity contribution is 0.164. The highest BCUT2D eigenvalue weighted by Crippen LogP contribution is 2.23. The fourth-order valence-electron chi connectivity index (χ4n) is 2.87. The maximum atomic E-state index is 5.95. The van der Waals surface area contributed by atoms with Gasteiger partial charge < -0.3 is 10.2 Å². The molecule has 0 radical (unpaired) electrons. The summed E-state index contributed by atoms with van der Waals surface area (Å²) in [5.41, 5.74) is 7.76. The third-order valence-electron chi connectivity index (χ3n) is 4.09. The molecular weight excluding hydrogens is 238 g/mol. The molecule has 3 rings (SSSR count). The largest absolute Gasteiger partial charge is 0.439 e. The van der Waals surface area contributed by atoms with Gasteiger partial charge in [-0.05, 0) is 44.9 Å². The molecule has 19 heavy (non-hydrogen) atoms. The number of fused-ring (bicyclic) bond motifs is 1. The molecule has 1 heterocycles. The number of nitrogens with two attached hydrogens (primary N) is 1. The van der Waals surface area contributed by atoms with Crippen LogP contribution < -0.4 is 5.73 Å². The molecule has 0 unspecified atom stereocenters. The number of rotatable bonds is 3. The standard InChI is InChI=1S/C15H21N3O/c1-18(12-8-6-11(16)7-9-12)10-15-17-13-4-2-3-5-14(13)19-15/h2-5,11-12H,6-10,16H2,1H3. The molecule has 4 nitrogen and oxygen atoms in total. The van der Waals surface area contributed by atoms with Crippen LogP contribution >= 0.6 is 0 Å². The van der Waals surface area contributed by atoms with Gasteiger partial charge in [0, 0.05) is 12.1 Å². The van der Waals surface area contributed by atoms with Crippen LogP contribution in [0.15, 0.2) is 28.7 Å². The maximum absolute atomic E-state index is 5.95. The summed E-state index contributed by atoms with van der Waals surface area (Å²) >= 11 is 0. The summed E-state index contributed by atoms with van der Waals surface area (Å²) in [4.78, 5) is 6.87. The molecule has 0 bridgehead atoms. The number of oxazole rings is 1. The second-order valence-electron chi connectivity index (χ2n) is 5.56. The zero-order valence-corrected chi connectivity index (χ0v) is 11.4. The molecule has 1 aromatic heterocycles. The zero-order valence-electron chi connectivity index (χ0n) is 11.4. The van der Waals surface area contributed by atoms with E-state index in [1.165, 1.54) is 12.8 Å². The molecule has 102 valence electrons. The Balaban J connectivity index is 1.67. The Morgan fingerprint density at radius 2 is 2.00 bits per heavy atom. The molecule has 1 aliphatic carbocycles. The van der Waals surface area contributed by atoms with Crippen molar-refractivity contribution in [1.82, 2.24) is 9.88 Å². The van der Waals surface area contributed by atoms with Crippen LogP contribution in [0.1, 0.15) is 31.6 Å². The molecule has 0 spiro atoms. The predicted octanol–water partition coefficient (Wildman–Crippen LogP) is 2.53. The number of nitrogens with zero attached hydrogens (tertiary/aromatic N) is 2. The summed E-state index contributed by atoms with van der Waals surface area (Å²) in [5, 5.41) is 0. The third-order valence-corrected chi connectivity index (χ3v) is 4.09. The Morgan fingerprint density at radius 1 is 1.26 bits per heavy atom. The molecule has 0 atom stereocenters. The fourth-order valence-corrected chi connectivity index (χ4v) is 2.87. The number of hydrogen-bond acceptors (Lipinski definition) is 4. The topological polar surface area (TPSA) is 55.3 Å². The van der Waals surface area contributed by atoms with E-state index in [0.717, 1.165) is 36.4 Å². The van der Waals surface area contributed by atoms with Gasteiger partial charge in [-0.1, -0.05) is 12.1 Å². The van der Waals surface area contributed by atoms with Gasteiger partial charge >= 0.3 is 0 Å². The van der Waals surface area contributed by atoms with E-state index >= 15 is 0 Å². The van der Waals surface area contributed by atoms with Crippen molar-refractivity contribution >= 4 is 11.1 Å². The number of benzene rings is 1. The normalized spacial score (nSPS) is 24.2. The van der Waals surface area contributed by atoms with E-state index < -0.39 is 0 Å². The minimum Gasteiger partial charge on any atom is -0.439 e. The van der Waals surface area contributed by atoms with Crippen LogP contribution in [0.5, 0.6) is 0 Å². The summed E-state index contributed by atoms with van der Waals surface area (Å²) in [5.74, 6) is 0.804. The van der Waals surface area contributed by atoms with Crippen molar-refractivity contribution in [2.45, 2.75) is 44.3 Å². The van der Waals surface area contributed by atoms with Crippen LogP contribution in [0.3, 0.4) is 0 Å². The van der Waals surface area contributed by atoms with E-state index in [1.807, 2.05) is 24.3 Å². The van der Waals surface area contributed by atoms with Crippen molar-refractivity contribution in [2.24, 2.45) is 5.73 Å². The highest BCUT2D eigenvalue weighted by atomic mass is 16.3. The van der Waals surface area contributed by atoms with E-state index in [4.69, 9.17) is 10.2 Å². The lowest BCUT2D eigenvalue weighted by Crippen LogP contribution is -2.38. The monoisotopic (exact) mass is 259 g/mol. The quantitative estimate of drug-likeness (QED) is 0.920. The third kappa shape index (κ3) is 2.80. The summed E-state index contributed by atoms with van der Waals surface area (Å²) in [7, 11) is 2.15. The van der Waals surface area contributed by atoms with Crippen LogP contribution in [-0.2, 0) is 6.54 Å². The number of hydrogen-bond donors (Lipinski definition) is 1. The Labute approximate surface area is 113 Å².